The molecule has 0 unspecified atom stereocenters. The lowest BCUT2D eigenvalue weighted by atomic mass is 10.0. The minimum Gasteiger partial charge on any atom is -0.420 e. The van der Waals surface area contributed by atoms with E-state index in [0.29, 0.717) is 5.56 Å². The second-order valence-electron chi connectivity index (χ2n) is 8.17. The third-order valence-corrected chi connectivity index (χ3v) is 5.85. The largest absolute Gasteiger partial charge is 0.643 e. The molecule has 0 bridgehead atoms. The highest BCUT2D eigenvalue weighted by atomic mass is 35.8. The molecule has 0 aliphatic carbocycles. The first-order valence-electron chi connectivity index (χ1n) is 12.1. The SMILES string of the molecule is Cc1ccc(-c2ccccc2)cc1.O=C(CCl)c1ccc(-c2ccc(OC(F)(F)Cl)cc2)cc1.O=C(Cl)CCl.[Cl][Al]([Cl])[Cl]. The average Bonchev–Trinajstić information content (AvgIpc) is 2.97. The van der Waals surface area contributed by atoms with Crippen molar-refractivity contribution in [1.29, 1.82) is 0 Å². The first-order valence-corrected chi connectivity index (χ1v) is 19.2. The molecule has 43 heavy (non-hydrogen) atoms. The van der Waals surface area contributed by atoms with Gasteiger partial charge in [-0.2, -0.15) is 0 Å². The maximum absolute atomic E-state index is 12.5. The molecule has 0 heterocycles. The average molecular weight is 746 g/mol. The first kappa shape index (κ1) is 39.5. The number of hydrogen-bond acceptors (Lipinski definition) is 3. The fraction of sp³-hybridized carbons (Fsp3) is 0.133. The number of hydrogen-bond donors (Lipinski definition) is 0. The number of carbonyl (C=O) groups is 2. The van der Waals surface area contributed by atoms with Crippen LogP contribution in [0.3, 0.4) is 0 Å². The number of carbonyl (C=O) groups excluding carboxylic acids is 2. The number of ketones is 1. The highest BCUT2D eigenvalue weighted by Gasteiger charge is 2.27. The summed E-state index contributed by atoms with van der Waals surface area (Å²) in [5.41, 5.74) is 2.30. The summed E-state index contributed by atoms with van der Waals surface area (Å²) < 4.78 is 29.2. The van der Waals surface area contributed by atoms with Crippen LogP contribution in [-0.2, 0) is 4.79 Å². The summed E-state index contributed by atoms with van der Waals surface area (Å²) in [5.74, 6) is -0.358. The number of ether oxygens (including phenoxy) is 1. The zero-order chi connectivity index (χ0) is 32.4. The van der Waals surface area contributed by atoms with Gasteiger partial charge in [-0.05, 0) is 52.9 Å². The van der Waals surface area contributed by atoms with Gasteiger partial charge in [-0.15, -0.1) is 32.0 Å². The minimum atomic E-state index is -3.73. The van der Waals surface area contributed by atoms with Crippen LogP contribution in [0.5, 0.6) is 5.75 Å². The number of rotatable bonds is 7. The Hall–Kier alpha value is -1.56. The van der Waals surface area contributed by atoms with Crippen LogP contribution < -0.4 is 4.74 Å². The number of halogens is 9. The zero-order valence-electron chi connectivity index (χ0n) is 22.4. The molecular formula is C30H24AlCl7F2O3. The predicted molar refractivity (Wildman–Crippen MR) is 180 cm³/mol. The Kier molecular flexibility index (Phi) is 19.5. The van der Waals surface area contributed by atoms with Gasteiger partial charge in [0.2, 0.25) is 5.24 Å². The fourth-order valence-electron chi connectivity index (χ4n) is 3.15. The Morgan fingerprint density at radius 3 is 1.44 bits per heavy atom. The van der Waals surface area contributed by atoms with Crippen molar-refractivity contribution in [2.24, 2.45) is 0 Å². The Balaban J connectivity index is 0.000000355. The molecule has 0 amide bonds. The highest BCUT2D eigenvalue weighted by Crippen LogP contribution is 2.28. The zero-order valence-corrected chi connectivity index (χ0v) is 28.9. The van der Waals surface area contributed by atoms with Gasteiger partial charge in [0.15, 0.2) is 5.78 Å². The maximum Gasteiger partial charge on any atom is 0.643 e. The molecule has 4 rings (SSSR count). The van der Waals surface area contributed by atoms with Crippen molar-refractivity contribution < 1.29 is 23.1 Å². The molecule has 0 radical (unpaired) electrons. The summed E-state index contributed by atoms with van der Waals surface area (Å²) in [6, 6.07) is 31.9. The van der Waals surface area contributed by atoms with Gasteiger partial charge >= 0.3 is 17.0 Å². The Labute approximate surface area is 286 Å². The second kappa shape index (κ2) is 21.2. The lowest BCUT2D eigenvalue weighted by Crippen LogP contribution is -2.15. The van der Waals surface area contributed by atoms with Crippen LogP contribution in [0, 0.1) is 6.92 Å². The summed E-state index contributed by atoms with van der Waals surface area (Å²) in [7, 11) is 14.8. The van der Waals surface area contributed by atoms with Crippen LogP contribution in [0.1, 0.15) is 15.9 Å². The lowest BCUT2D eigenvalue weighted by Gasteiger charge is -2.11. The van der Waals surface area contributed by atoms with Gasteiger partial charge in [-0.25, -0.2) is 30.1 Å². The molecule has 0 saturated carbocycles. The molecule has 0 aliphatic rings. The van der Waals surface area contributed by atoms with Gasteiger partial charge in [0.1, 0.15) is 5.75 Å². The van der Waals surface area contributed by atoms with E-state index in [1.807, 2.05) is 6.07 Å². The summed E-state index contributed by atoms with van der Waals surface area (Å²) in [6.07, 6.45) is 0. The van der Waals surface area contributed by atoms with Crippen molar-refractivity contribution in [2.45, 2.75) is 12.5 Å². The molecule has 4 aromatic rings. The van der Waals surface area contributed by atoms with Crippen molar-refractivity contribution >= 4 is 99.0 Å². The van der Waals surface area contributed by atoms with Crippen LogP contribution in [-0.4, -0.2) is 39.7 Å². The van der Waals surface area contributed by atoms with Crippen LogP contribution in [0.4, 0.5) is 8.78 Å². The van der Waals surface area contributed by atoms with Gasteiger partial charge in [0.05, 0.1) is 11.8 Å². The summed E-state index contributed by atoms with van der Waals surface area (Å²) in [6.45, 7) is 2.11. The number of aryl methyl sites for hydroxylation is 1. The molecule has 3 nitrogen and oxygen atoms in total. The van der Waals surface area contributed by atoms with Crippen LogP contribution in [0.25, 0.3) is 22.3 Å². The van der Waals surface area contributed by atoms with E-state index in [9.17, 15) is 18.4 Å². The molecule has 0 aliphatic heterocycles. The quantitative estimate of drug-likeness (QED) is 0.0819. The van der Waals surface area contributed by atoms with E-state index in [-0.39, 0.29) is 23.3 Å². The van der Waals surface area contributed by atoms with Crippen molar-refractivity contribution in [1.82, 2.24) is 0 Å². The van der Waals surface area contributed by atoms with Crippen molar-refractivity contribution in [2.75, 3.05) is 11.8 Å². The van der Waals surface area contributed by atoms with Crippen LogP contribution in [0.2, 0.25) is 0 Å². The third kappa shape index (κ3) is 18.1. The number of Topliss-reactive ketones (excluding diaryl/α,β-unsaturated/α-hetero) is 1. The highest BCUT2D eigenvalue weighted by molar-refractivity contribution is 7.54. The molecule has 4 aromatic carbocycles. The molecule has 0 fully saturated rings. The predicted octanol–water partition coefficient (Wildman–Crippen LogP) is 11.3. The molecule has 228 valence electrons. The monoisotopic (exact) mass is 742 g/mol. The summed E-state index contributed by atoms with van der Waals surface area (Å²) in [4.78, 5) is 20.9. The molecular weight excluding hydrogens is 721 g/mol. The fourth-order valence-corrected chi connectivity index (χ4v) is 3.39. The van der Waals surface area contributed by atoms with Gasteiger partial charge in [-0.3, -0.25) is 9.59 Å². The molecule has 0 spiro atoms. The summed E-state index contributed by atoms with van der Waals surface area (Å²) >= 11 is 18.0. The number of benzene rings is 4. The van der Waals surface area contributed by atoms with Crippen molar-refractivity contribution in [3.8, 4) is 28.0 Å². The smallest absolute Gasteiger partial charge is 0.420 e. The molecule has 0 N–H and O–H groups in total. The van der Waals surface area contributed by atoms with Gasteiger partial charge in [0.25, 0.3) is 0 Å². The normalized spacial score (nSPS) is 10.0. The summed E-state index contributed by atoms with van der Waals surface area (Å²) in [5, 5.41) is -0.508. The Bertz CT molecular complexity index is 1370. The Morgan fingerprint density at radius 1 is 0.698 bits per heavy atom. The molecule has 0 atom stereocenters. The van der Waals surface area contributed by atoms with Crippen LogP contribution >= 0.6 is 76.6 Å². The van der Waals surface area contributed by atoms with Gasteiger partial charge in [0, 0.05) is 17.2 Å². The van der Waals surface area contributed by atoms with Gasteiger partial charge < -0.3 is 4.74 Å². The maximum atomic E-state index is 12.5. The van der Waals surface area contributed by atoms with E-state index in [2.05, 4.69) is 71.8 Å². The van der Waals surface area contributed by atoms with E-state index in [1.165, 1.54) is 28.8 Å². The third-order valence-electron chi connectivity index (χ3n) is 5.01. The van der Waals surface area contributed by atoms with E-state index >= 15 is 0 Å². The van der Waals surface area contributed by atoms with Crippen molar-refractivity contribution in [3.63, 3.8) is 0 Å². The van der Waals surface area contributed by atoms with E-state index in [1.54, 1.807) is 36.4 Å². The van der Waals surface area contributed by atoms with Crippen LogP contribution in [0.15, 0.2) is 103 Å². The molecule has 0 aromatic heterocycles. The topological polar surface area (TPSA) is 43.4 Å². The van der Waals surface area contributed by atoms with E-state index in [0.717, 1.165) is 11.1 Å². The number of alkyl halides is 5. The molecule has 0 saturated heterocycles. The first-order chi connectivity index (χ1) is 20.2. The molecule has 13 heteroatoms. The lowest BCUT2D eigenvalue weighted by molar-refractivity contribution is -0.109. The van der Waals surface area contributed by atoms with E-state index in [4.69, 9.17) is 65.0 Å². The van der Waals surface area contributed by atoms with Crippen molar-refractivity contribution in [3.05, 3.63) is 114 Å². The second-order valence-corrected chi connectivity index (χ2v) is 16.0. The Morgan fingerprint density at radius 2 is 1.07 bits per heavy atom. The van der Waals surface area contributed by atoms with E-state index < -0.39 is 22.2 Å². The standard InChI is InChI=1S/C15H10Cl2F2O2.C13H12.C2H2Cl2O.Al.3ClH/c16-9-14(20)12-3-1-10(2-4-12)11-5-7-13(8-6-11)21-15(17,18)19;1-11-7-9-13(10-8-11)12-5-3-2-4-6-12;3-1-2(4)5;;;;/h1-8H,9H2;2-10H,1H3;1H2;;3*1H/q;;;+3;;;/p-3. The van der Waals surface area contributed by atoms with Gasteiger partial charge in [-0.1, -0.05) is 96.6 Å². The minimum absolute atomic E-state index is 0.0345.